The maximum atomic E-state index is 10.4. The van der Waals surface area contributed by atoms with Crippen LogP contribution in [0, 0.1) is 0 Å². The summed E-state index contributed by atoms with van der Waals surface area (Å²) in [4.78, 5) is 10.4. The van der Waals surface area contributed by atoms with Crippen molar-refractivity contribution in [1.82, 2.24) is 0 Å². The van der Waals surface area contributed by atoms with E-state index in [1.165, 1.54) is 6.92 Å². The lowest BCUT2D eigenvalue weighted by atomic mass is 10.2. The Labute approximate surface area is 59.6 Å². The van der Waals surface area contributed by atoms with Crippen molar-refractivity contribution in [1.29, 1.82) is 0 Å². The van der Waals surface area contributed by atoms with Crippen LogP contribution in [-0.2, 0) is 14.3 Å². The molecular formula is C7H10O3. The molecule has 1 heterocycles. The highest BCUT2D eigenvalue weighted by atomic mass is 16.7. The van der Waals surface area contributed by atoms with Crippen LogP contribution in [0.4, 0.5) is 0 Å². The molecule has 1 unspecified atom stereocenters. The molecule has 3 nitrogen and oxygen atoms in total. The molecular weight excluding hydrogens is 132 g/mol. The molecule has 56 valence electrons. The summed E-state index contributed by atoms with van der Waals surface area (Å²) in [5, 5.41) is 0. The minimum absolute atomic E-state index is 0.326. The van der Waals surface area contributed by atoms with Gasteiger partial charge in [-0.2, -0.15) is 0 Å². The van der Waals surface area contributed by atoms with E-state index in [4.69, 9.17) is 9.47 Å². The van der Waals surface area contributed by atoms with Crippen LogP contribution >= 0.6 is 0 Å². The Bertz CT molecular complexity index is 162. The maximum absolute atomic E-state index is 10.4. The number of carbonyl (C=O) groups is 1. The fourth-order valence-electron chi connectivity index (χ4n) is 0.801. The molecule has 0 amide bonds. The fourth-order valence-corrected chi connectivity index (χ4v) is 0.801. The molecule has 0 aromatic heterocycles. The number of rotatable bonds is 1. The fraction of sp³-hybridized carbons (Fsp3) is 0.571. The van der Waals surface area contributed by atoms with Gasteiger partial charge in [-0.1, -0.05) is 6.58 Å². The minimum atomic E-state index is -0.488. The molecule has 0 N–H and O–H groups in total. The first-order valence-electron chi connectivity index (χ1n) is 3.16. The normalized spacial score (nSPS) is 24.9. The van der Waals surface area contributed by atoms with Gasteiger partial charge in [-0.15, -0.1) is 0 Å². The van der Waals surface area contributed by atoms with E-state index < -0.39 is 6.29 Å². The summed E-state index contributed by atoms with van der Waals surface area (Å²) in [5.74, 6) is -0.326. The van der Waals surface area contributed by atoms with Gasteiger partial charge in [-0.3, -0.25) is 4.79 Å². The standard InChI is InChI=1S/C7H10O3/c1-5-3-4-9-7(5)10-6(2)8/h7H,1,3-4H2,2H3. The average Bonchev–Trinajstić information content (AvgIpc) is 2.15. The van der Waals surface area contributed by atoms with E-state index in [-0.39, 0.29) is 5.97 Å². The molecule has 1 atom stereocenters. The molecule has 0 aromatic rings. The quantitative estimate of drug-likeness (QED) is 0.402. The third-order valence-electron chi connectivity index (χ3n) is 1.30. The van der Waals surface area contributed by atoms with E-state index in [9.17, 15) is 4.79 Å². The topological polar surface area (TPSA) is 35.5 Å². The van der Waals surface area contributed by atoms with E-state index in [1.54, 1.807) is 0 Å². The number of hydrogen-bond acceptors (Lipinski definition) is 3. The molecule has 0 aliphatic carbocycles. The second-order valence-corrected chi connectivity index (χ2v) is 2.22. The maximum Gasteiger partial charge on any atom is 0.305 e. The Morgan fingerprint density at radius 1 is 1.90 bits per heavy atom. The zero-order valence-corrected chi connectivity index (χ0v) is 5.92. The lowest BCUT2D eigenvalue weighted by Gasteiger charge is -2.09. The third-order valence-corrected chi connectivity index (χ3v) is 1.30. The lowest BCUT2D eigenvalue weighted by molar-refractivity contribution is -0.162. The molecule has 1 rings (SSSR count). The molecule has 1 fully saturated rings. The molecule has 0 aromatic carbocycles. The zero-order valence-electron chi connectivity index (χ0n) is 5.92. The molecule has 0 bridgehead atoms. The summed E-state index contributed by atoms with van der Waals surface area (Å²) in [6.45, 7) is 5.65. The van der Waals surface area contributed by atoms with E-state index in [2.05, 4.69) is 6.58 Å². The van der Waals surface area contributed by atoms with Crippen LogP contribution in [0.3, 0.4) is 0 Å². The molecule has 1 saturated heterocycles. The molecule has 3 heteroatoms. The van der Waals surface area contributed by atoms with Crippen molar-refractivity contribution < 1.29 is 14.3 Å². The van der Waals surface area contributed by atoms with Crippen LogP contribution in [0.5, 0.6) is 0 Å². The summed E-state index contributed by atoms with van der Waals surface area (Å²) < 4.78 is 9.80. The van der Waals surface area contributed by atoms with Crippen molar-refractivity contribution in [3.8, 4) is 0 Å². The minimum Gasteiger partial charge on any atom is -0.432 e. The highest BCUT2D eigenvalue weighted by molar-refractivity contribution is 5.66. The van der Waals surface area contributed by atoms with Crippen molar-refractivity contribution in [2.75, 3.05) is 6.61 Å². The number of ether oxygens (including phenoxy) is 2. The summed E-state index contributed by atoms with van der Waals surface area (Å²) in [6, 6.07) is 0. The molecule has 10 heavy (non-hydrogen) atoms. The summed E-state index contributed by atoms with van der Waals surface area (Å²) >= 11 is 0. The van der Waals surface area contributed by atoms with Gasteiger partial charge in [0.25, 0.3) is 0 Å². The second-order valence-electron chi connectivity index (χ2n) is 2.22. The zero-order chi connectivity index (χ0) is 7.56. The summed E-state index contributed by atoms with van der Waals surface area (Å²) in [7, 11) is 0. The lowest BCUT2D eigenvalue weighted by Crippen LogP contribution is -2.15. The van der Waals surface area contributed by atoms with Gasteiger partial charge < -0.3 is 9.47 Å². The number of carbonyl (C=O) groups excluding carboxylic acids is 1. The Kier molecular flexibility index (Phi) is 2.06. The Morgan fingerprint density at radius 2 is 2.60 bits per heavy atom. The highest BCUT2D eigenvalue weighted by Gasteiger charge is 2.21. The first-order chi connectivity index (χ1) is 4.70. The summed E-state index contributed by atoms with van der Waals surface area (Å²) in [5.41, 5.74) is 0.843. The van der Waals surface area contributed by atoms with E-state index in [0.717, 1.165) is 12.0 Å². The van der Waals surface area contributed by atoms with Crippen LogP contribution < -0.4 is 0 Å². The largest absolute Gasteiger partial charge is 0.432 e. The Balaban J connectivity index is 2.40. The van der Waals surface area contributed by atoms with Crippen LogP contribution in [-0.4, -0.2) is 18.9 Å². The predicted octanol–water partition coefficient (Wildman–Crippen LogP) is 0.852. The molecule has 0 spiro atoms. The average molecular weight is 142 g/mol. The van der Waals surface area contributed by atoms with Crippen molar-refractivity contribution in [3.05, 3.63) is 12.2 Å². The van der Waals surface area contributed by atoms with Gasteiger partial charge in [0.1, 0.15) is 0 Å². The van der Waals surface area contributed by atoms with Crippen molar-refractivity contribution in [2.24, 2.45) is 0 Å². The van der Waals surface area contributed by atoms with Gasteiger partial charge in [-0.05, 0) is 12.0 Å². The van der Waals surface area contributed by atoms with Crippen LogP contribution in [0.25, 0.3) is 0 Å². The van der Waals surface area contributed by atoms with E-state index in [0.29, 0.717) is 6.61 Å². The molecule has 1 aliphatic heterocycles. The smallest absolute Gasteiger partial charge is 0.305 e. The van der Waals surface area contributed by atoms with Crippen LogP contribution in [0.2, 0.25) is 0 Å². The van der Waals surface area contributed by atoms with Gasteiger partial charge >= 0.3 is 5.97 Å². The van der Waals surface area contributed by atoms with E-state index >= 15 is 0 Å². The Morgan fingerprint density at radius 3 is 3.00 bits per heavy atom. The molecule has 0 saturated carbocycles. The molecule has 0 radical (unpaired) electrons. The van der Waals surface area contributed by atoms with Gasteiger partial charge in [0.2, 0.25) is 6.29 Å². The van der Waals surface area contributed by atoms with Crippen molar-refractivity contribution in [3.63, 3.8) is 0 Å². The van der Waals surface area contributed by atoms with E-state index in [1.807, 2.05) is 0 Å². The predicted molar refractivity (Wildman–Crippen MR) is 35.3 cm³/mol. The van der Waals surface area contributed by atoms with Gasteiger partial charge in [0, 0.05) is 6.92 Å². The van der Waals surface area contributed by atoms with Crippen molar-refractivity contribution >= 4 is 5.97 Å². The van der Waals surface area contributed by atoms with Gasteiger partial charge in [0.05, 0.1) is 6.61 Å². The summed E-state index contributed by atoms with van der Waals surface area (Å²) in [6.07, 6.45) is 0.301. The second kappa shape index (κ2) is 2.84. The molecule has 1 aliphatic rings. The number of esters is 1. The third kappa shape index (κ3) is 1.57. The van der Waals surface area contributed by atoms with Crippen LogP contribution in [0.1, 0.15) is 13.3 Å². The van der Waals surface area contributed by atoms with Gasteiger partial charge in [0.15, 0.2) is 0 Å². The number of hydrogen-bond donors (Lipinski definition) is 0. The monoisotopic (exact) mass is 142 g/mol. The van der Waals surface area contributed by atoms with Gasteiger partial charge in [-0.25, -0.2) is 0 Å². The Hall–Kier alpha value is -0.830. The first-order valence-corrected chi connectivity index (χ1v) is 3.16. The van der Waals surface area contributed by atoms with Crippen molar-refractivity contribution in [2.45, 2.75) is 19.6 Å². The first kappa shape index (κ1) is 7.28. The van der Waals surface area contributed by atoms with Crippen LogP contribution in [0.15, 0.2) is 12.2 Å². The highest BCUT2D eigenvalue weighted by Crippen LogP contribution is 2.18. The SMILES string of the molecule is C=C1CCOC1OC(C)=O.